The Morgan fingerprint density at radius 3 is 2.19 bits per heavy atom. The Hall–Kier alpha value is -3.38. The smallest absolute Gasteiger partial charge is 0.481 e. The fourth-order valence-electron chi connectivity index (χ4n) is 3.40. The molecule has 0 spiro atoms. The zero-order valence-corrected chi connectivity index (χ0v) is 16.2. The van der Waals surface area contributed by atoms with Crippen LogP contribution in [-0.2, 0) is 14.4 Å². The van der Waals surface area contributed by atoms with Crippen LogP contribution in [0.1, 0.15) is 29.6 Å². The van der Waals surface area contributed by atoms with E-state index >= 15 is 0 Å². The minimum Gasteiger partial charge on any atom is -0.481 e. The molecule has 0 bridgehead atoms. The third-order valence-corrected chi connectivity index (χ3v) is 5.01. The summed E-state index contributed by atoms with van der Waals surface area (Å²) in [5.74, 6) is -4.13. The molecule has 31 heavy (non-hydrogen) atoms. The monoisotopic (exact) mass is 446 g/mol. The number of anilines is 1. The Bertz CT molecular complexity index is 855. The highest BCUT2D eigenvalue weighted by atomic mass is 19.4. The molecule has 2 aliphatic rings. The van der Waals surface area contributed by atoms with Gasteiger partial charge in [-0.05, 0) is 25.0 Å². The van der Waals surface area contributed by atoms with E-state index in [4.69, 9.17) is 20.7 Å². The lowest BCUT2D eigenvalue weighted by Gasteiger charge is -2.37. The number of aliphatic carboxylic acids is 2. The zero-order chi connectivity index (χ0) is 23.3. The van der Waals surface area contributed by atoms with Gasteiger partial charge in [0.15, 0.2) is 0 Å². The van der Waals surface area contributed by atoms with Gasteiger partial charge < -0.3 is 25.7 Å². The van der Waals surface area contributed by atoms with Crippen LogP contribution in [0.25, 0.3) is 0 Å². The fraction of sp³-hybridized carbons (Fsp3) is 0.500. The van der Waals surface area contributed by atoms with Crippen LogP contribution in [0.15, 0.2) is 18.3 Å². The minimum atomic E-state index is -5.08. The van der Waals surface area contributed by atoms with E-state index in [1.165, 1.54) is 0 Å². The van der Waals surface area contributed by atoms with Crippen molar-refractivity contribution in [3.05, 3.63) is 23.9 Å². The van der Waals surface area contributed by atoms with E-state index in [-0.39, 0.29) is 18.4 Å². The fourth-order valence-corrected chi connectivity index (χ4v) is 3.40. The van der Waals surface area contributed by atoms with E-state index in [9.17, 15) is 27.6 Å². The molecule has 1 unspecified atom stereocenters. The number of alkyl halides is 3. The van der Waals surface area contributed by atoms with Crippen molar-refractivity contribution in [2.24, 2.45) is 11.7 Å². The molecular weight excluding hydrogens is 425 g/mol. The highest BCUT2D eigenvalue weighted by Crippen LogP contribution is 2.27. The van der Waals surface area contributed by atoms with E-state index < -0.39 is 29.9 Å². The summed E-state index contributed by atoms with van der Waals surface area (Å²) < 4.78 is 31.7. The lowest BCUT2D eigenvalue weighted by molar-refractivity contribution is -0.192. The van der Waals surface area contributed by atoms with Gasteiger partial charge >= 0.3 is 18.1 Å². The number of halogens is 3. The summed E-state index contributed by atoms with van der Waals surface area (Å²) >= 11 is 0. The predicted molar refractivity (Wildman–Crippen MR) is 99.1 cm³/mol. The number of likely N-dealkylation sites (tertiary alicyclic amines) is 1. The van der Waals surface area contributed by atoms with E-state index in [1.807, 2.05) is 0 Å². The highest BCUT2D eigenvalue weighted by molar-refractivity contribution is 5.93. The number of piperidine rings is 1. The number of hydrogen-bond acceptors (Lipinski definition) is 6. The molecule has 2 fully saturated rings. The van der Waals surface area contributed by atoms with Crippen molar-refractivity contribution in [2.75, 3.05) is 24.5 Å². The number of nitrogens with two attached hydrogens (primary N) is 1. The number of carboxylic acid groups (broad SMARTS) is 2. The molecule has 3 heterocycles. The molecule has 0 aliphatic carbocycles. The maximum atomic E-state index is 12.0. The van der Waals surface area contributed by atoms with Crippen LogP contribution in [0.4, 0.5) is 19.0 Å². The normalized spacial score (nSPS) is 19.6. The molecule has 4 N–H and O–H groups in total. The first-order valence-electron chi connectivity index (χ1n) is 9.23. The maximum absolute atomic E-state index is 12.0. The van der Waals surface area contributed by atoms with Crippen LogP contribution in [0.5, 0.6) is 0 Å². The lowest BCUT2D eigenvalue weighted by atomic mass is 10.0. The van der Waals surface area contributed by atoms with Gasteiger partial charge in [0.25, 0.3) is 0 Å². The second kappa shape index (κ2) is 9.62. The van der Waals surface area contributed by atoms with E-state index in [0.29, 0.717) is 31.0 Å². The number of primary amides is 1. The molecule has 1 atom stereocenters. The van der Waals surface area contributed by atoms with Crippen LogP contribution in [0, 0.1) is 5.92 Å². The number of amides is 2. The lowest BCUT2D eigenvalue weighted by Crippen LogP contribution is -2.46. The number of pyridine rings is 1. The van der Waals surface area contributed by atoms with Gasteiger partial charge in [-0.15, -0.1) is 0 Å². The van der Waals surface area contributed by atoms with Crippen LogP contribution in [0.2, 0.25) is 0 Å². The van der Waals surface area contributed by atoms with E-state index in [2.05, 4.69) is 9.88 Å². The van der Waals surface area contributed by atoms with Crippen LogP contribution >= 0.6 is 0 Å². The number of nitrogens with zero attached hydrogens (tertiary/aromatic N) is 3. The van der Waals surface area contributed by atoms with Gasteiger partial charge in [-0.3, -0.25) is 14.4 Å². The Balaban J connectivity index is 0.000000423. The second-order valence-electron chi connectivity index (χ2n) is 7.07. The summed E-state index contributed by atoms with van der Waals surface area (Å²) in [6.45, 7) is 1.69. The third kappa shape index (κ3) is 6.30. The molecule has 2 aliphatic heterocycles. The summed E-state index contributed by atoms with van der Waals surface area (Å²) in [6.07, 6.45) is -1.93. The van der Waals surface area contributed by atoms with Crippen molar-refractivity contribution in [3.63, 3.8) is 0 Å². The first-order chi connectivity index (χ1) is 14.4. The van der Waals surface area contributed by atoms with Gasteiger partial charge in [0, 0.05) is 43.9 Å². The molecule has 13 heteroatoms. The molecule has 1 aromatic heterocycles. The Labute approximate surface area is 174 Å². The summed E-state index contributed by atoms with van der Waals surface area (Å²) in [5.41, 5.74) is 5.71. The molecule has 1 aromatic rings. The molecule has 2 saturated heterocycles. The summed E-state index contributed by atoms with van der Waals surface area (Å²) in [4.78, 5) is 51.3. The first-order valence-corrected chi connectivity index (χ1v) is 9.23. The Morgan fingerprint density at radius 2 is 1.74 bits per heavy atom. The average molecular weight is 446 g/mol. The number of aromatic nitrogens is 1. The molecule has 2 amide bonds. The molecule has 10 nitrogen and oxygen atoms in total. The Morgan fingerprint density at radius 1 is 1.16 bits per heavy atom. The Kier molecular flexibility index (Phi) is 7.41. The molecule has 0 aromatic carbocycles. The molecule has 3 rings (SSSR count). The number of carbonyl (C=O) groups excluding carboxylic acids is 2. The largest absolute Gasteiger partial charge is 0.490 e. The summed E-state index contributed by atoms with van der Waals surface area (Å²) in [6, 6.07) is 3.31. The quantitative estimate of drug-likeness (QED) is 0.611. The van der Waals surface area contributed by atoms with Crippen molar-refractivity contribution in [1.82, 2.24) is 9.88 Å². The van der Waals surface area contributed by atoms with Gasteiger partial charge in [0.2, 0.25) is 11.8 Å². The van der Waals surface area contributed by atoms with Gasteiger partial charge in [0.05, 0.1) is 5.92 Å². The summed E-state index contributed by atoms with van der Waals surface area (Å²) in [5, 5.41) is 16.2. The topological polar surface area (TPSA) is 154 Å². The van der Waals surface area contributed by atoms with Crippen LogP contribution < -0.4 is 10.6 Å². The maximum Gasteiger partial charge on any atom is 0.490 e. The third-order valence-electron chi connectivity index (χ3n) is 5.01. The van der Waals surface area contributed by atoms with Gasteiger partial charge in [-0.1, -0.05) is 0 Å². The summed E-state index contributed by atoms with van der Waals surface area (Å²) in [7, 11) is 0. The molecule has 0 saturated carbocycles. The van der Waals surface area contributed by atoms with Crippen molar-refractivity contribution >= 4 is 29.6 Å². The molecule has 0 radical (unpaired) electrons. The highest BCUT2D eigenvalue weighted by Gasteiger charge is 2.39. The SMILES string of the molecule is NC(=O)c1ccnc(N2CCC(N3CC(C(=O)O)CC3=O)CC2)c1.O=C(O)C(F)(F)F. The molecule has 170 valence electrons. The number of carbonyl (C=O) groups is 4. The standard InChI is InChI=1S/C16H20N4O4.C2HF3O2/c17-15(22)10-1-4-18-13(7-10)19-5-2-12(3-6-19)20-9-11(16(23)24)8-14(20)21;3-2(4,5)1(6)7/h1,4,7,11-12H,2-3,5-6,8-9H2,(H2,17,22)(H,23,24);(H,6,7). The van der Waals surface area contributed by atoms with Gasteiger partial charge in [-0.25, -0.2) is 9.78 Å². The number of hydrogen-bond donors (Lipinski definition) is 3. The van der Waals surface area contributed by atoms with Crippen LogP contribution in [0.3, 0.4) is 0 Å². The second-order valence-corrected chi connectivity index (χ2v) is 7.07. The van der Waals surface area contributed by atoms with E-state index in [0.717, 1.165) is 12.8 Å². The number of rotatable bonds is 4. The van der Waals surface area contributed by atoms with Gasteiger partial charge in [-0.2, -0.15) is 13.2 Å². The first kappa shape index (κ1) is 23.9. The van der Waals surface area contributed by atoms with Gasteiger partial charge in [0.1, 0.15) is 5.82 Å². The number of carboxylic acids is 2. The van der Waals surface area contributed by atoms with Crippen molar-refractivity contribution in [1.29, 1.82) is 0 Å². The van der Waals surface area contributed by atoms with E-state index in [1.54, 1.807) is 23.2 Å². The molecular formula is C18H21F3N4O6. The van der Waals surface area contributed by atoms with Crippen molar-refractivity contribution < 1.29 is 42.6 Å². The minimum absolute atomic E-state index is 0.0671. The average Bonchev–Trinajstić information content (AvgIpc) is 3.10. The van der Waals surface area contributed by atoms with Crippen molar-refractivity contribution in [2.45, 2.75) is 31.5 Å². The van der Waals surface area contributed by atoms with Crippen LogP contribution in [-0.4, -0.2) is 75.7 Å². The predicted octanol–water partition coefficient (Wildman–Crippen LogP) is 0.716. The zero-order valence-electron chi connectivity index (χ0n) is 16.2. The van der Waals surface area contributed by atoms with Crippen molar-refractivity contribution in [3.8, 4) is 0 Å².